The summed E-state index contributed by atoms with van der Waals surface area (Å²) >= 11 is 1.62. The first-order valence-corrected chi connectivity index (χ1v) is 10.6. The largest absolute Gasteiger partial charge is 0.493 e. The molecule has 7 nitrogen and oxygen atoms in total. The number of amides is 2. The SMILES string of the molecule is COc1cc(CNC(=O)C2CSC3(C)c4ccccc4C(=O)N23)cc(OC)c1OC. The quantitative estimate of drug-likeness (QED) is 0.763. The highest BCUT2D eigenvalue weighted by Gasteiger charge is 2.55. The number of hydrogen-bond acceptors (Lipinski definition) is 6. The number of fused-ring (bicyclic) bond motifs is 3. The Morgan fingerprint density at radius 2 is 1.83 bits per heavy atom. The molecule has 0 spiro atoms. The lowest BCUT2D eigenvalue weighted by Crippen LogP contribution is -2.49. The van der Waals surface area contributed by atoms with Crippen LogP contribution in [0.2, 0.25) is 0 Å². The smallest absolute Gasteiger partial charge is 0.256 e. The zero-order chi connectivity index (χ0) is 21.5. The van der Waals surface area contributed by atoms with Crippen molar-refractivity contribution >= 4 is 23.6 Å². The Morgan fingerprint density at radius 3 is 2.47 bits per heavy atom. The van der Waals surface area contributed by atoms with E-state index in [0.717, 1.165) is 11.1 Å². The second-order valence-corrected chi connectivity index (χ2v) is 8.70. The number of rotatable bonds is 6. The molecule has 8 heteroatoms. The molecule has 1 saturated heterocycles. The molecule has 2 aromatic rings. The maximum absolute atomic E-state index is 13.0. The number of benzene rings is 2. The van der Waals surface area contributed by atoms with Gasteiger partial charge in [0.2, 0.25) is 11.7 Å². The van der Waals surface area contributed by atoms with Gasteiger partial charge in [-0.1, -0.05) is 18.2 Å². The van der Waals surface area contributed by atoms with E-state index in [1.54, 1.807) is 50.1 Å². The number of nitrogens with zero attached hydrogens (tertiary/aromatic N) is 1. The fourth-order valence-electron chi connectivity index (χ4n) is 4.17. The first-order chi connectivity index (χ1) is 14.4. The zero-order valence-corrected chi connectivity index (χ0v) is 18.2. The molecule has 1 N–H and O–H groups in total. The van der Waals surface area contributed by atoms with Gasteiger partial charge in [0.25, 0.3) is 5.91 Å². The minimum Gasteiger partial charge on any atom is -0.493 e. The van der Waals surface area contributed by atoms with Crippen LogP contribution in [0.4, 0.5) is 0 Å². The number of methoxy groups -OCH3 is 3. The molecule has 2 aromatic carbocycles. The Morgan fingerprint density at radius 1 is 1.17 bits per heavy atom. The van der Waals surface area contributed by atoms with Gasteiger partial charge in [-0.15, -0.1) is 11.8 Å². The van der Waals surface area contributed by atoms with Gasteiger partial charge in [0, 0.05) is 23.4 Å². The number of hydrogen-bond donors (Lipinski definition) is 1. The molecule has 2 unspecified atom stereocenters. The van der Waals surface area contributed by atoms with Crippen LogP contribution in [0.25, 0.3) is 0 Å². The molecule has 2 aliphatic rings. The highest BCUT2D eigenvalue weighted by Crippen LogP contribution is 2.53. The van der Waals surface area contributed by atoms with Crippen LogP contribution in [-0.4, -0.2) is 49.8 Å². The van der Waals surface area contributed by atoms with Crippen LogP contribution < -0.4 is 19.5 Å². The zero-order valence-electron chi connectivity index (χ0n) is 17.4. The third-order valence-corrected chi connectivity index (χ3v) is 7.12. The second-order valence-electron chi connectivity index (χ2n) is 7.28. The average molecular weight is 429 g/mol. The maximum atomic E-state index is 13.0. The van der Waals surface area contributed by atoms with Crippen molar-refractivity contribution in [2.75, 3.05) is 27.1 Å². The summed E-state index contributed by atoms with van der Waals surface area (Å²) in [7, 11) is 4.64. The maximum Gasteiger partial charge on any atom is 0.256 e. The van der Waals surface area contributed by atoms with E-state index < -0.39 is 10.9 Å². The molecular weight excluding hydrogens is 404 g/mol. The Kier molecular flexibility index (Phi) is 5.27. The molecule has 0 aliphatic carbocycles. The van der Waals surface area contributed by atoms with E-state index in [9.17, 15) is 9.59 Å². The summed E-state index contributed by atoms with van der Waals surface area (Å²) in [6.45, 7) is 2.29. The number of nitrogens with one attached hydrogen (secondary N) is 1. The summed E-state index contributed by atoms with van der Waals surface area (Å²) in [4.78, 5) is 27.2. The number of thioether (sulfide) groups is 1. The summed E-state index contributed by atoms with van der Waals surface area (Å²) in [5.74, 6) is 1.83. The van der Waals surface area contributed by atoms with Crippen LogP contribution >= 0.6 is 11.8 Å². The van der Waals surface area contributed by atoms with Crippen molar-refractivity contribution in [2.24, 2.45) is 0 Å². The van der Waals surface area contributed by atoms with E-state index in [1.165, 1.54) is 0 Å². The van der Waals surface area contributed by atoms with Gasteiger partial charge in [0.15, 0.2) is 11.5 Å². The fourth-order valence-corrected chi connectivity index (χ4v) is 5.63. The van der Waals surface area contributed by atoms with Crippen molar-refractivity contribution in [1.29, 1.82) is 0 Å². The van der Waals surface area contributed by atoms with Crippen LogP contribution in [0.1, 0.15) is 28.4 Å². The highest BCUT2D eigenvalue weighted by molar-refractivity contribution is 8.00. The lowest BCUT2D eigenvalue weighted by molar-refractivity contribution is -0.125. The molecule has 2 amide bonds. The molecule has 0 saturated carbocycles. The van der Waals surface area contributed by atoms with Gasteiger partial charge in [0.05, 0.1) is 21.3 Å². The van der Waals surface area contributed by atoms with Crippen molar-refractivity contribution in [3.63, 3.8) is 0 Å². The Labute approximate surface area is 179 Å². The number of ether oxygens (including phenoxy) is 3. The molecule has 2 atom stereocenters. The van der Waals surface area contributed by atoms with Crippen LogP contribution in [0.3, 0.4) is 0 Å². The van der Waals surface area contributed by atoms with E-state index >= 15 is 0 Å². The third-order valence-electron chi connectivity index (χ3n) is 5.66. The predicted octanol–water partition coefficient (Wildman–Crippen LogP) is 2.77. The normalized spacial score (nSPS) is 21.8. The van der Waals surface area contributed by atoms with Crippen molar-refractivity contribution in [2.45, 2.75) is 24.4 Å². The van der Waals surface area contributed by atoms with Gasteiger partial charge in [-0.25, -0.2) is 0 Å². The molecule has 0 radical (unpaired) electrons. The number of carbonyl (C=O) groups excluding carboxylic acids is 2. The van der Waals surface area contributed by atoms with E-state index in [1.807, 2.05) is 31.2 Å². The monoisotopic (exact) mass is 428 g/mol. The molecule has 158 valence electrons. The summed E-state index contributed by atoms with van der Waals surface area (Å²) < 4.78 is 16.1. The van der Waals surface area contributed by atoms with Gasteiger partial charge in [0.1, 0.15) is 10.9 Å². The summed E-state index contributed by atoms with van der Waals surface area (Å²) in [5.41, 5.74) is 2.46. The topological polar surface area (TPSA) is 77.1 Å². The minimum absolute atomic E-state index is 0.0916. The molecule has 0 bridgehead atoms. The first kappa shape index (κ1) is 20.4. The average Bonchev–Trinajstić information content (AvgIpc) is 3.23. The second kappa shape index (κ2) is 7.75. The lowest BCUT2D eigenvalue weighted by atomic mass is 10.1. The predicted molar refractivity (Wildman–Crippen MR) is 114 cm³/mol. The molecule has 2 aliphatic heterocycles. The van der Waals surface area contributed by atoms with Gasteiger partial charge >= 0.3 is 0 Å². The van der Waals surface area contributed by atoms with E-state index in [2.05, 4.69) is 5.32 Å². The molecule has 2 heterocycles. The van der Waals surface area contributed by atoms with Crippen molar-refractivity contribution in [1.82, 2.24) is 10.2 Å². The molecule has 1 fully saturated rings. The third kappa shape index (κ3) is 3.06. The van der Waals surface area contributed by atoms with Crippen molar-refractivity contribution in [3.05, 3.63) is 53.1 Å². The van der Waals surface area contributed by atoms with Gasteiger partial charge in [-0.05, 0) is 30.7 Å². The van der Waals surface area contributed by atoms with Gasteiger partial charge < -0.3 is 24.4 Å². The number of carbonyl (C=O) groups is 2. The van der Waals surface area contributed by atoms with Crippen LogP contribution in [0.5, 0.6) is 17.2 Å². The van der Waals surface area contributed by atoms with Crippen LogP contribution in [-0.2, 0) is 16.2 Å². The van der Waals surface area contributed by atoms with E-state index in [-0.39, 0.29) is 18.4 Å². The van der Waals surface area contributed by atoms with Crippen LogP contribution in [0, 0.1) is 0 Å². The summed E-state index contributed by atoms with van der Waals surface area (Å²) in [6, 6.07) is 10.6. The Balaban J connectivity index is 1.52. The lowest BCUT2D eigenvalue weighted by Gasteiger charge is -2.30. The summed E-state index contributed by atoms with van der Waals surface area (Å²) in [5, 5.41) is 2.96. The van der Waals surface area contributed by atoms with Crippen LogP contribution in [0.15, 0.2) is 36.4 Å². The Hall–Kier alpha value is -2.87. The van der Waals surface area contributed by atoms with Gasteiger partial charge in [-0.2, -0.15) is 0 Å². The van der Waals surface area contributed by atoms with Crippen molar-refractivity contribution < 1.29 is 23.8 Å². The minimum atomic E-state index is -0.526. The molecule has 0 aromatic heterocycles. The van der Waals surface area contributed by atoms with Crippen molar-refractivity contribution in [3.8, 4) is 17.2 Å². The molecular formula is C22H24N2O5S. The molecule has 4 rings (SSSR count). The highest BCUT2D eigenvalue weighted by atomic mass is 32.2. The fraction of sp³-hybridized carbons (Fsp3) is 0.364. The standard InChI is InChI=1S/C22H24N2O5S/c1-22-15-8-6-5-7-14(15)21(26)24(22)16(12-30-22)20(25)23-11-13-9-17(27-2)19(29-4)18(10-13)28-3/h5-10,16H,11-12H2,1-4H3,(H,23,25). The van der Waals surface area contributed by atoms with Gasteiger partial charge in [-0.3, -0.25) is 9.59 Å². The van der Waals surface area contributed by atoms with E-state index in [0.29, 0.717) is 28.6 Å². The first-order valence-electron chi connectivity index (χ1n) is 9.58. The summed E-state index contributed by atoms with van der Waals surface area (Å²) in [6.07, 6.45) is 0. The molecule has 30 heavy (non-hydrogen) atoms. The van der Waals surface area contributed by atoms with E-state index in [4.69, 9.17) is 14.2 Å². The Bertz CT molecular complexity index is 986.